The van der Waals surface area contributed by atoms with E-state index in [0.717, 1.165) is 148 Å². The molecule has 12 saturated carbocycles. The Labute approximate surface area is 542 Å². The molecule has 89 heavy (non-hydrogen) atoms. The first-order valence-corrected chi connectivity index (χ1v) is 37.8. The third kappa shape index (κ3) is 14.1. The fourth-order valence-electron chi connectivity index (χ4n) is 25.6. The van der Waals surface area contributed by atoms with Gasteiger partial charge in [-0.2, -0.15) is 0 Å². The lowest BCUT2D eigenvalue weighted by molar-refractivity contribution is -0.156. The van der Waals surface area contributed by atoms with Crippen LogP contribution in [0.1, 0.15) is 280 Å². The van der Waals surface area contributed by atoms with Gasteiger partial charge in [-0.05, 0) is 310 Å². The van der Waals surface area contributed by atoms with E-state index in [-0.39, 0.29) is 34.0 Å². The Morgan fingerprint density at radius 1 is 0.382 bits per heavy atom. The average Bonchev–Trinajstić information content (AvgIpc) is 1.16. The normalized spacial score (nSPS) is 46.5. The van der Waals surface area contributed by atoms with Crippen LogP contribution in [0.3, 0.4) is 0 Å². The van der Waals surface area contributed by atoms with Crippen molar-refractivity contribution in [3.8, 4) is 0 Å². The predicted octanol–water partition coefficient (Wildman–Crippen LogP) is 19.1. The van der Waals surface area contributed by atoms with Crippen LogP contribution >= 0.6 is 0 Å². The van der Waals surface area contributed by atoms with Gasteiger partial charge in [-0.1, -0.05) is 134 Å². The molecule has 0 radical (unpaired) electrons. The van der Waals surface area contributed by atoms with E-state index in [4.69, 9.17) is 1.37 Å². The molecule has 0 amide bonds. The van der Waals surface area contributed by atoms with Crippen LogP contribution in [0.25, 0.3) is 0 Å². The number of aliphatic hydroxyl groups is 3. The number of carboxylic acids is 1. The Morgan fingerprint density at radius 2 is 0.663 bits per heavy atom. The summed E-state index contributed by atoms with van der Waals surface area (Å²) in [6, 6.07) is 20.8. The lowest BCUT2D eigenvalue weighted by atomic mass is 9.46. The summed E-state index contributed by atoms with van der Waals surface area (Å²) in [7, 11) is 0. The summed E-state index contributed by atoms with van der Waals surface area (Å²) >= 11 is 0. The zero-order valence-electron chi connectivity index (χ0n) is 58.1. The molecule has 4 N–H and O–H groups in total. The third-order valence-electron chi connectivity index (χ3n) is 29.7. The number of benzene rings is 2. The van der Waals surface area contributed by atoms with Crippen molar-refractivity contribution in [2.45, 2.75) is 297 Å². The Morgan fingerprint density at radius 3 is 0.978 bits per heavy atom. The number of carbonyl (C=O) groups excluding carboxylic acids is 2. The molecule has 2 aromatic carbocycles. The molecule has 496 valence electrons. The summed E-state index contributed by atoms with van der Waals surface area (Å²) in [6.07, 6.45) is 40.4. The molecule has 24 atom stereocenters. The quantitative estimate of drug-likeness (QED) is 0.217. The van der Waals surface area contributed by atoms with Crippen molar-refractivity contribution < 1.29 is 36.2 Å². The van der Waals surface area contributed by atoms with Crippen molar-refractivity contribution >= 4 is 17.5 Å². The summed E-state index contributed by atoms with van der Waals surface area (Å²) in [6.45, 7) is 15.8. The molecule has 12 fully saturated rings. The molecule has 0 saturated heterocycles. The van der Waals surface area contributed by atoms with Crippen molar-refractivity contribution in [1.82, 2.24) is 0 Å². The second-order valence-electron chi connectivity index (χ2n) is 34.8. The number of aliphatic carboxylic acids is 1. The lowest BCUT2D eigenvalue weighted by Crippen LogP contribution is -2.53. The molecule has 12 aliphatic carbocycles. The third-order valence-corrected chi connectivity index (χ3v) is 29.7. The van der Waals surface area contributed by atoms with Crippen molar-refractivity contribution in [2.75, 3.05) is 0 Å². The highest BCUT2D eigenvalue weighted by molar-refractivity contribution is 5.84. The standard InChI is InChI=1S/2C29H42O2.C22H36O3.C2H6/c2*1-28(31)16-14-22-21(19-28)12-13-24-23(22)15-17-29(2)25(24)10-6-7-11-26(29)27(30)18-20-8-4-3-5-9-20;1-21(25)11-9-15-14(13-21)7-8-17-16(15)10-12-22(2)18(17)5-3-4-6-19(22)20(23)24;1-2/h2*3-5,8-9,21-26,31H,6-7,10-19H2,1-2H3;14-19,25H,3-13H2,1-2H3,(H,23,24);1-2H3/t21-,22+,23-,24-,25+,26+,28-,29+;21-,22+,23-,24-,25+,26-,28-,29+;14-,15+,16-,17-,18+,19?,21-,22+;/m111./s1/i;;;1D. The number of ketones is 2. The van der Waals surface area contributed by atoms with E-state index in [1.54, 1.807) is 6.92 Å². The number of hydrogen-bond acceptors (Lipinski definition) is 6. The molecular formula is C82H126O7. The maximum Gasteiger partial charge on any atom is 0.307 e. The van der Waals surface area contributed by atoms with Gasteiger partial charge in [-0.15, -0.1) is 0 Å². The summed E-state index contributed by atoms with van der Waals surface area (Å²) in [5, 5.41) is 41.7. The highest BCUT2D eigenvalue weighted by Crippen LogP contribution is 2.66. The van der Waals surface area contributed by atoms with Gasteiger partial charge in [-0.25, -0.2) is 0 Å². The fourth-order valence-corrected chi connectivity index (χ4v) is 25.6. The smallest absolute Gasteiger partial charge is 0.307 e. The second kappa shape index (κ2) is 27.8. The zero-order chi connectivity index (χ0) is 63.8. The molecule has 14 rings (SSSR count). The van der Waals surface area contributed by atoms with E-state index in [2.05, 4.69) is 83.1 Å². The summed E-state index contributed by atoms with van der Waals surface area (Å²) in [5.41, 5.74) is 1.43. The zero-order valence-corrected chi connectivity index (χ0v) is 57.1. The van der Waals surface area contributed by atoms with Gasteiger partial charge in [0.1, 0.15) is 11.6 Å². The molecule has 7 nitrogen and oxygen atoms in total. The van der Waals surface area contributed by atoms with Crippen LogP contribution in [0.4, 0.5) is 0 Å². The van der Waals surface area contributed by atoms with Gasteiger partial charge < -0.3 is 20.4 Å². The minimum atomic E-state index is -0.546. The van der Waals surface area contributed by atoms with Gasteiger partial charge in [0.2, 0.25) is 0 Å². The molecule has 0 aromatic heterocycles. The number of fused-ring (bicyclic) bond motifs is 15. The van der Waals surface area contributed by atoms with Crippen LogP contribution in [0, 0.1) is 123 Å². The topological polar surface area (TPSA) is 132 Å². The molecule has 7 heteroatoms. The average molecular weight is 1220 g/mol. The largest absolute Gasteiger partial charge is 0.481 e. The van der Waals surface area contributed by atoms with Crippen LogP contribution in [-0.4, -0.2) is 54.8 Å². The highest BCUT2D eigenvalue weighted by Gasteiger charge is 2.60. The Hall–Kier alpha value is -2.87. The van der Waals surface area contributed by atoms with Gasteiger partial charge in [0.25, 0.3) is 0 Å². The number of carboxylic acid groups (broad SMARTS) is 1. The minimum absolute atomic E-state index is 0.0104. The van der Waals surface area contributed by atoms with E-state index < -0.39 is 22.8 Å². The van der Waals surface area contributed by atoms with Crippen LogP contribution in [0.2, 0.25) is 0 Å². The number of carbonyl (C=O) groups is 3. The van der Waals surface area contributed by atoms with E-state index in [1.807, 2.05) is 19.1 Å². The van der Waals surface area contributed by atoms with Gasteiger partial charge >= 0.3 is 5.97 Å². The SMILES string of the molecule is C[C@@]1(O)CC[C@H]2[C@H](CC[C@@H]3[C@@H]2CC[C@]2(C)C(C(=O)O)CCCC[C@@H]32)C1.C[C@@]1(O)CC[C@H]2[C@H](CC[C@@H]3[C@@H]2CC[C@]2(C)[C@@H](C(=O)Cc4ccccc4)CCCC[C@@H]32)C1.C[C@@]1(O)CC[C@H]2[C@H](CC[C@@H]3[C@@H]2CC[C@]2(C)[C@H](C(=O)Cc4ccccc4)CCCC[C@@H]32)C1.[2H]CC. The van der Waals surface area contributed by atoms with Crippen molar-refractivity contribution in [3.63, 3.8) is 0 Å². The lowest BCUT2D eigenvalue weighted by Gasteiger charge is -2.58. The van der Waals surface area contributed by atoms with Crippen molar-refractivity contribution in [2.24, 2.45) is 123 Å². The molecule has 12 aliphatic rings. The highest BCUT2D eigenvalue weighted by atomic mass is 16.4. The maximum absolute atomic E-state index is 13.6. The monoisotopic (exact) mass is 1220 g/mol. The van der Waals surface area contributed by atoms with E-state index >= 15 is 0 Å². The van der Waals surface area contributed by atoms with Gasteiger partial charge in [0, 0.05) is 26.0 Å². The molecule has 0 spiro atoms. The number of Topliss-reactive ketones (excluding diaryl/α,β-unsaturated/α-hetero) is 2. The summed E-state index contributed by atoms with van der Waals surface area (Å²) < 4.78 is 6.21. The molecule has 1 unspecified atom stereocenters. The van der Waals surface area contributed by atoms with Gasteiger partial charge in [0.05, 0.1) is 22.7 Å². The van der Waals surface area contributed by atoms with E-state index in [9.17, 15) is 34.8 Å². The molecule has 0 aliphatic heterocycles. The van der Waals surface area contributed by atoms with Crippen LogP contribution < -0.4 is 0 Å². The van der Waals surface area contributed by atoms with Crippen molar-refractivity contribution in [3.05, 3.63) is 71.8 Å². The summed E-state index contributed by atoms with van der Waals surface area (Å²) in [4.78, 5) is 39.2. The summed E-state index contributed by atoms with van der Waals surface area (Å²) in [5.74, 6) is 12.3. The van der Waals surface area contributed by atoms with Crippen molar-refractivity contribution in [1.29, 1.82) is 0 Å². The van der Waals surface area contributed by atoms with Crippen LogP contribution in [0.15, 0.2) is 60.7 Å². The maximum atomic E-state index is 13.6. The van der Waals surface area contributed by atoms with Gasteiger partial charge in [0.15, 0.2) is 0 Å². The molecular weight excluding hydrogens is 1100 g/mol. The first kappa shape index (κ1) is 66.2. The molecule has 2 aromatic rings. The first-order valence-electron chi connectivity index (χ1n) is 38.5. The number of hydrogen-bond donors (Lipinski definition) is 4. The predicted molar refractivity (Wildman–Crippen MR) is 361 cm³/mol. The van der Waals surface area contributed by atoms with E-state index in [1.165, 1.54) is 152 Å². The minimum Gasteiger partial charge on any atom is -0.481 e. The van der Waals surface area contributed by atoms with Crippen LogP contribution in [-0.2, 0) is 27.2 Å². The molecule has 0 bridgehead atoms. The van der Waals surface area contributed by atoms with Crippen LogP contribution in [0.5, 0.6) is 0 Å². The first-order chi connectivity index (χ1) is 43.0. The van der Waals surface area contributed by atoms with Gasteiger partial charge in [-0.3, -0.25) is 14.4 Å². The van der Waals surface area contributed by atoms with E-state index in [0.29, 0.717) is 43.1 Å². The number of rotatable bonds is 7. The Bertz CT molecular complexity index is 2550. The molecule has 0 heterocycles. The Balaban J connectivity index is 0.000000137. The second-order valence-corrected chi connectivity index (χ2v) is 34.8. The fraction of sp³-hybridized carbons (Fsp3) is 0.817. The Kier molecular flexibility index (Phi) is 20.7.